The summed E-state index contributed by atoms with van der Waals surface area (Å²) in [6, 6.07) is 10.7. The van der Waals surface area contributed by atoms with Gasteiger partial charge in [-0.15, -0.1) is 0 Å². The van der Waals surface area contributed by atoms with E-state index in [4.69, 9.17) is 9.15 Å². The Balaban J connectivity index is 1.60. The van der Waals surface area contributed by atoms with Gasteiger partial charge in [-0.3, -0.25) is 4.79 Å². The van der Waals surface area contributed by atoms with Crippen molar-refractivity contribution in [3.8, 4) is 0 Å². The molecular formula is C18H22N2O5S. The van der Waals surface area contributed by atoms with Gasteiger partial charge in [0.1, 0.15) is 0 Å². The van der Waals surface area contributed by atoms with E-state index in [2.05, 4.69) is 5.32 Å². The normalized spacial score (nSPS) is 15.7. The highest BCUT2D eigenvalue weighted by Crippen LogP contribution is 2.20. The highest BCUT2D eigenvalue weighted by atomic mass is 32.2. The molecule has 1 aromatic heterocycles. The van der Waals surface area contributed by atoms with Crippen LogP contribution in [0.5, 0.6) is 0 Å². The molecule has 8 heteroatoms. The van der Waals surface area contributed by atoms with E-state index in [1.807, 2.05) is 31.2 Å². The van der Waals surface area contributed by atoms with Gasteiger partial charge in [-0.2, -0.15) is 4.31 Å². The van der Waals surface area contributed by atoms with Gasteiger partial charge >= 0.3 is 0 Å². The smallest absolute Gasteiger partial charge is 0.287 e. The summed E-state index contributed by atoms with van der Waals surface area (Å²) >= 11 is 0. The number of sulfonamides is 1. The minimum Gasteiger partial charge on any atom is -0.438 e. The topological polar surface area (TPSA) is 88.9 Å². The molecule has 0 aliphatic carbocycles. The predicted molar refractivity (Wildman–Crippen MR) is 95.5 cm³/mol. The largest absolute Gasteiger partial charge is 0.438 e. The molecule has 0 saturated carbocycles. The minimum absolute atomic E-state index is 0.0124. The lowest BCUT2D eigenvalue weighted by Gasteiger charge is -2.24. The van der Waals surface area contributed by atoms with Crippen LogP contribution < -0.4 is 5.32 Å². The first-order valence-corrected chi connectivity index (χ1v) is 9.93. The number of nitrogens with one attached hydrogen (secondary N) is 1. The molecule has 1 aliphatic heterocycles. The van der Waals surface area contributed by atoms with Crippen molar-refractivity contribution in [1.29, 1.82) is 0 Å². The molecule has 1 amide bonds. The SMILES string of the molecule is Cc1ccccc1CCNC(=O)c1ccc(S(=O)(=O)N2CCOCC2)o1. The van der Waals surface area contributed by atoms with Crippen LogP contribution in [0.2, 0.25) is 0 Å². The van der Waals surface area contributed by atoms with Crippen molar-refractivity contribution in [3.63, 3.8) is 0 Å². The first kappa shape index (κ1) is 18.6. The van der Waals surface area contributed by atoms with Gasteiger partial charge in [0.25, 0.3) is 15.9 Å². The van der Waals surface area contributed by atoms with Gasteiger partial charge in [0.15, 0.2) is 5.76 Å². The average Bonchev–Trinajstić information content (AvgIpc) is 3.15. The molecule has 1 fully saturated rings. The van der Waals surface area contributed by atoms with Crippen LogP contribution in [0.4, 0.5) is 0 Å². The lowest BCUT2D eigenvalue weighted by atomic mass is 10.1. The van der Waals surface area contributed by atoms with Gasteiger partial charge in [-0.05, 0) is 36.6 Å². The third-order valence-corrected chi connectivity index (χ3v) is 6.08. The molecule has 26 heavy (non-hydrogen) atoms. The van der Waals surface area contributed by atoms with E-state index < -0.39 is 15.9 Å². The molecule has 0 radical (unpaired) electrons. The van der Waals surface area contributed by atoms with Crippen LogP contribution in [0.3, 0.4) is 0 Å². The second kappa shape index (κ2) is 8.03. The number of carbonyl (C=O) groups excluding carboxylic acids is 1. The van der Waals surface area contributed by atoms with E-state index in [1.165, 1.54) is 22.0 Å². The molecule has 0 spiro atoms. The number of nitrogens with zero attached hydrogens (tertiary/aromatic N) is 1. The van der Waals surface area contributed by atoms with Gasteiger partial charge in [-0.1, -0.05) is 24.3 Å². The molecule has 2 aromatic rings. The standard InChI is InChI=1S/C18H22N2O5S/c1-14-4-2-3-5-15(14)8-9-19-18(21)16-6-7-17(25-16)26(22,23)20-10-12-24-13-11-20/h2-7H,8-13H2,1H3,(H,19,21). The third-order valence-electron chi connectivity index (χ3n) is 4.31. The van der Waals surface area contributed by atoms with Crippen LogP contribution in [0.1, 0.15) is 21.7 Å². The highest BCUT2D eigenvalue weighted by Gasteiger charge is 2.29. The summed E-state index contributed by atoms with van der Waals surface area (Å²) in [4.78, 5) is 12.2. The second-order valence-corrected chi connectivity index (χ2v) is 7.94. The van der Waals surface area contributed by atoms with Gasteiger partial charge in [-0.25, -0.2) is 8.42 Å². The summed E-state index contributed by atoms with van der Waals surface area (Å²) in [5, 5.41) is 2.54. The molecule has 1 aromatic carbocycles. The van der Waals surface area contributed by atoms with Crippen molar-refractivity contribution < 1.29 is 22.4 Å². The number of hydrogen-bond acceptors (Lipinski definition) is 5. The van der Waals surface area contributed by atoms with E-state index in [1.54, 1.807) is 0 Å². The first-order chi connectivity index (χ1) is 12.5. The summed E-state index contributed by atoms with van der Waals surface area (Å²) < 4.78 is 36.8. The van der Waals surface area contributed by atoms with E-state index in [-0.39, 0.29) is 23.9 Å². The van der Waals surface area contributed by atoms with Gasteiger partial charge in [0.2, 0.25) is 5.09 Å². The summed E-state index contributed by atoms with van der Waals surface area (Å²) in [5.41, 5.74) is 2.32. The van der Waals surface area contributed by atoms with Gasteiger partial charge in [0.05, 0.1) is 13.2 Å². The number of morpholine rings is 1. The summed E-state index contributed by atoms with van der Waals surface area (Å²) in [7, 11) is -3.74. The van der Waals surface area contributed by atoms with Crippen molar-refractivity contribution in [3.05, 3.63) is 53.3 Å². The summed E-state index contributed by atoms with van der Waals surface area (Å²) in [6.45, 7) is 3.72. The molecule has 140 valence electrons. The monoisotopic (exact) mass is 378 g/mol. The van der Waals surface area contributed by atoms with E-state index >= 15 is 0 Å². The van der Waals surface area contributed by atoms with Crippen molar-refractivity contribution in [1.82, 2.24) is 9.62 Å². The Morgan fingerprint density at radius 3 is 2.62 bits per heavy atom. The number of benzene rings is 1. The molecule has 2 heterocycles. The fraction of sp³-hybridized carbons (Fsp3) is 0.389. The Morgan fingerprint density at radius 2 is 1.88 bits per heavy atom. The van der Waals surface area contributed by atoms with Crippen LogP contribution in [-0.2, 0) is 21.2 Å². The zero-order valence-corrected chi connectivity index (χ0v) is 15.4. The Morgan fingerprint density at radius 1 is 1.15 bits per heavy atom. The highest BCUT2D eigenvalue weighted by molar-refractivity contribution is 7.89. The maximum atomic E-state index is 12.5. The molecular weight excluding hydrogens is 356 g/mol. The molecule has 1 saturated heterocycles. The molecule has 0 atom stereocenters. The van der Waals surface area contributed by atoms with E-state index in [0.717, 1.165) is 5.56 Å². The van der Waals surface area contributed by atoms with Crippen LogP contribution in [0.15, 0.2) is 45.9 Å². The summed E-state index contributed by atoms with van der Waals surface area (Å²) in [6.07, 6.45) is 0.693. The number of ether oxygens (including phenoxy) is 1. The molecule has 0 bridgehead atoms. The van der Waals surface area contributed by atoms with Crippen LogP contribution in [-0.4, -0.2) is 51.5 Å². The predicted octanol–water partition coefficient (Wildman–Crippen LogP) is 1.58. The molecule has 3 rings (SSSR count). The fourth-order valence-electron chi connectivity index (χ4n) is 2.78. The lowest BCUT2D eigenvalue weighted by molar-refractivity contribution is 0.0722. The number of aryl methyl sites for hydroxylation is 1. The summed E-state index contributed by atoms with van der Waals surface area (Å²) in [5.74, 6) is -0.441. The van der Waals surface area contributed by atoms with Crippen LogP contribution in [0.25, 0.3) is 0 Å². The van der Waals surface area contributed by atoms with Gasteiger partial charge in [0, 0.05) is 19.6 Å². The van der Waals surface area contributed by atoms with Crippen LogP contribution in [0, 0.1) is 6.92 Å². The van der Waals surface area contributed by atoms with Crippen molar-refractivity contribution in [2.45, 2.75) is 18.4 Å². The number of carbonyl (C=O) groups is 1. The average molecular weight is 378 g/mol. The Hall–Kier alpha value is -2.16. The molecule has 0 unspecified atom stereocenters. The first-order valence-electron chi connectivity index (χ1n) is 8.49. The Kier molecular flexibility index (Phi) is 5.75. The second-order valence-electron chi connectivity index (χ2n) is 6.07. The van der Waals surface area contributed by atoms with Crippen LogP contribution >= 0.6 is 0 Å². The quantitative estimate of drug-likeness (QED) is 0.824. The minimum atomic E-state index is -3.74. The number of rotatable bonds is 6. The van der Waals surface area contributed by atoms with Gasteiger partial charge < -0.3 is 14.5 Å². The zero-order chi connectivity index (χ0) is 18.6. The van der Waals surface area contributed by atoms with Crippen molar-refractivity contribution in [2.75, 3.05) is 32.8 Å². The maximum absolute atomic E-state index is 12.5. The Bertz CT molecular complexity index is 869. The molecule has 1 N–H and O–H groups in total. The fourth-order valence-corrected chi connectivity index (χ4v) is 4.10. The van der Waals surface area contributed by atoms with Crippen molar-refractivity contribution in [2.24, 2.45) is 0 Å². The lowest BCUT2D eigenvalue weighted by Crippen LogP contribution is -2.40. The van der Waals surface area contributed by atoms with E-state index in [9.17, 15) is 13.2 Å². The third kappa shape index (κ3) is 4.14. The number of amides is 1. The zero-order valence-electron chi connectivity index (χ0n) is 14.6. The maximum Gasteiger partial charge on any atom is 0.287 e. The number of furan rings is 1. The van der Waals surface area contributed by atoms with E-state index in [0.29, 0.717) is 26.2 Å². The van der Waals surface area contributed by atoms with Crippen molar-refractivity contribution >= 4 is 15.9 Å². The molecule has 7 nitrogen and oxygen atoms in total. The molecule has 1 aliphatic rings. The Labute approximate surface area is 153 Å². The number of hydrogen-bond donors (Lipinski definition) is 1.